The molecule has 0 bridgehead atoms. The molecule has 7 heteroatoms. The maximum atomic E-state index is 12.1. The number of rotatable bonds is 3. The van der Waals surface area contributed by atoms with Gasteiger partial charge in [-0.1, -0.05) is 22.0 Å². The molecule has 0 atom stereocenters. The highest BCUT2D eigenvalue weighted by Gasteiger charge is 2.33. The maximum Gasteiger partial charge on any atom is 0.355 e. The van der Waals surface area contributed by atoms with Gasteiger partial charge in [0.05, 0.1) is 12.8 Å². The largest absolute Gasteiger partial charge is 0.496 e. The molecular weight excluding hydrogens is 300 g/mol. The minimum absolute atomic E-state index is 0.145. The van der Waals surface area contributed by atoms with Crippen LogP contribution in [0.15, 0.2) is 18.2 Å². The molecule has 1 heterocycles. The van der Waals surface area contributed by atoms with Gasteiger partial charge in [-0.05, 0) is 12.1 Å². The van der Waals surface area contributed by atoms with Gasteiger partial charge in [-0.3, -0.25) is 0 Å². The van der Waals surface area contributed by atoms with E-state index in [0.717, 1.165) is 17.0 Å². The van der Waals surface area contributed by atoms with Gasteiger partial charge in [0.15, 0.2) is 0 Å². The van der Waals surface area contributed by atoms with Crippen molar-refractivity contribution in [3.05, 3.63) is 23.8 Å². The Balaban J connectivity index is 2.43. The molecule has 0 spiro atoms. The molecule has 18 heavy (non-hydrogen) atoms. The predicted molar refractivity (Wildman–Crippen MR) is 72.2 cm³/mol. The van der Waals surface area contributed by atoms with E-state index in [0.29, 0.717) is 5.33 Å². The highest BCUT2D eigenvalue weighted by Crippen LogP contribution is 2.32. The van der Waals surface area contributed by atoms with Crippen molar-refractivity contribution in [2.24, 2.45) is 0 Å². The third-order valence-electron chi connectivity index (χ3n) is 2.87. The molecule has 1 N–H and O–H groups in total. The van der Waals surface area contributed by atoms with Crippen LogP contribution in [0.1, 0.15) is 5.56 Å². The second-order valence-electron chi connectivity index (χ2n) is 3.86. The molecule has 1 fully saturated rings. The Morgan fingerprint density at radius 3 is 2.61 bits per heavy atom. The molecule has 0 aliphatic carbocycles. The summed E-state index contributed by atoms with van der Waals surface area (Å²) >= 11 is 3.42. The van der Waals surface area contributed by atoms with E-state index >= 15 is 0 Å². The molecule has 1 aliphatic heterocycles. The third kappa shape index (κ3) is 2.05. The Bertz CT molecular complexity index is 468. The van der Waals surface area contributed by atoms with Crippen LogP contribution < -0.4 is 15.3 Å². The number of benzene rings is 1. The molecule has 2 amide bonds. The lowest BCUT2D eigenvalue weighted by Crippen LogP contribution is -2.39. The highest BCUT2D eigenvalue weighted by atomic mass is 79.9. The van der Waals surface area contributed by atoms with Gasteiger partial charge in [0.2, 0.25) is 0 Å². The summed E-state index contributed by atoms with van der Waals surface area (Å²) in [5.41, 5.74) is 4.65. The number of carbonyl (C=O) groups is 1. The smallest absolute Gasteiger partial charge is 0.355 e. The molecule has 1 aromatic rings. The number of carbonyl (C=O) groups excluding carboxylic acids is 1. The number of alkyl halides is 1. The van der Waals surface area contributed by atoms with E-state index < -0.39 is 0 Å². The first-order valence-electron chi connectivity index (χ1n) is 5.39. The number of amides is 2. The van der Waals surface area contributed by atoms with Gasteiger partial charge < -0.3 is 4.74 Å². The van der Waals surface area contributed by atoms with Crippen molar-refractivity contribution in [2.45, 2.75) is 5.33 Å². The first-order chi connectivity index (χ1) is 8.60. The fourth-order valence-corrected chi connectivity index (χ4v) is 2.34. The number of anilines is 1. The van der Waals surface area contributed by atoms with Gasteiger partial charge >= 0.3 is 6.03 Å². The number of hydrogen-bond acceptors (Lipinski definition) is 4. The summed E-state index contributed by atoms with van der Waals surface area (Å²) in [4.78, 5) is 12.1. The van der Waals surface area contributed by atoms with Gasteiger partial charge in [-0.15, -0.1) is 10.7 Å². The minimum atomic E-state index is -0.145. The summed E-state index contributed by atoms with van der Waals surface area (Å²) in [5.74, 6) is 0.746. The van der Waals surface area contributed by atoms with Crippen molar-refractivity contribution in [3.8, 4) is 5.75 Å². The Kier molecular flexibility index (Phi) is 3.74. The van der Waals surface area contributed by atoms with Crippen molar-refractivity contribution in [2.75, 3.05) is 26.2 Å². The Hall–Kier alpha value is -1.31. The van der Waals surface area contributed by atoms with E-state index in [1.165, 1.54) is 10.0 Å². The SMILES string of the molecule is COc1cccc(N2NN(C)N(C)C2=O)c1CBr. The number of hydrogen-bond donors (Lipinski definition) is 1. The van der Waals surface area contributed by atoms with Crippen LogP contribution in [0.25, 0.3) is 0 Å². The second kappa shape index (κ2) is 5.13. The monoisotopic (exact) mass is 314 g/mol. The molecule has 98 valence electrons. The van der Waals surface area contributed by atoms with Crippen molar-refractivity contribution < 1.29 is 9.53 Å². The molecular formula is C11H15BrN4O2. The standard InChI is InChI=1S/C11H15BrN4O2/c1-14-11(17)16(13-15(14)2)9-5-4-6-10(18-3)8(9)7-12/h4-6,13H,7H2,1-3H3. The van der Waals surface area contributed by atoms with Crippen LogP contribution in [0.2, 0.25) is 0 Å². The van der Waals surface area contributed by atoms with Crippen molar-refractivity contribution in [3.63, 3.8) is 0 Å². The lowest BCUT2D eigenvalue weighted by molar-refractivity contribution is 0.0652. The molecule has 2 rings (SSSR count). The molecule has 1 aromatic carbocycles. The normalized spacial score (nSPS) is 16.6. The zero-order valence-corrected chi connectivity index (χ0v) is 12.1. The van der Waals surface area contributed by atoms with E-state index in [1.807, 2.05) is 18.2 Å². The van der Waals surface area contributed by atoms with Crippen LogP contribution in [0, 0.1) is 0 Å². The van der Waals surface area contributed by atoms with E-state index in [1.54, 1.807) is 26.3 Å². The van der Waals surface area contributed by atoms with E-state index in [4.69, 9.17) is 4.74 Å². The fraction of sp³-hybridized carbons (Fsp3) is 0.364. The van der Waals surface area contributed by atoms with Crippen LogP contribution >= 0.6 is 15.9 Å². The summed E-state index contributed by atoms with van der Waals surface area (Å²) in [7, 11) is 5.08. The van der Waals surface area contributed by atoms with Gasteiger partial charge in [-0.25, -0.2) is 14.8 Å². The first kappa shape index (κ1) is 13.1. The average Bonchev–Trinajstić information content (AvgIpc) is 2.65. The molecule has 6 nitrogen and oxygen atoms in total. The van der Waals surface area contributed by atoms with Gasteiger partial charge in [0.25, 0.3) is 0 Å². The highest BCUT2D eigenvalue weighted by molar-refractivity contribution is 9.08. The minimum Gasteiger partial charge on any atom is -0.496 e. The van der Waals surface area contributed by atoms with E-state index in [9.17, 15) is 4.79 Å². The molecule has 0 radical (unpaired) electrons. The third-order valence-corrected chi connectivity index (χ3v) is 3.43. The van der Waals surface area contributed by atoms with Gasteiger partial charge in [0.1, 0.15) is 5.75 Å². The quantitative estimate of drug-likeness (QED) is 0.863. The summed E-state index contributed by atoms with van der Waals surface area (Å²) < 4.78 is 5.30. The number of ether oxygens (including phenoxy) is 1. The average molecular weight is 315 g/mol. The Morgan fingerprint density at radius 1 is 1.39 bits per heavy atom. The Labute approximate surface area is 114 Å². The van der Waals surface area contributed by atoms with E-state index in [2.05, 4.69) is 21.5 Å². The lowest BCUT2D eigenvalue weighted by atomic mass is 10.2. The molecule has 0 saturated carbocycles. The maximum absolute atomic E-state index is 12.1. The van der Waals surface area contributed by atoms with E-state index in [-0.39, 0.29) is 6.03 Å². The van der Waals surface area contributed by atoms with Crippen LogP contribution in [-0.2, 0) is 5.33 Å². The number of nitrogens with zero attached hydrogens (tertiary/aromatic N) is 3. The number of hydrazine groups is 3. The zero-order chi connectivity index (χ0) is 13.3. The van der Waals surface area contributed by atoms with Crippen LogP contribution in [-0.4, -0.2) is 37.4 Å². The molecule has 0 aromatic heterocycles. The Morgan fingerprint density at radius 2 is 2.11 bits per heavy atom. The fourth-order valence-electron chi connectivity index (χ4n) is 1.77. The molecule has 0 unspecified atom stereocenters. The lowest BCUT2D eigenvalue weighted by Gasteiger charge is -2.19. The van der Waals surface area contributed by atoms with Gasteiger partial charge in [0, 0.05) is 25.0 Å². The summed E-state index contributed by atoms with van der Waals surface area (Å²) in [5, 5.41) is 5.18. The zero-order valence-electron chi connectivity index (χ0n) is 10.5. The first-order valence-corrected chi connectivity index (χ1v) is 6.52. The van der Waals surface area contributed by atoms with Crippen LogP contribution in [0.3, 0.4) is 0 Å². The van der Waals surface area contributed by atoms with Crippen LogP contribution in [0.4, 0.5) is 10.5 Å². The van der Waals surface area contributed by atoms with Crippen molar-refractivity contribution >= 4 is 27.6 Å². The molecule has 1 saturated heterocycles. The van der Waals surface area contributed by atoms with Crippen molar-refractivity contribution in [1.82, 2.24) is 15.7 Å². The van der Waals surface area contributed by atoms with Crippen molar-refractivity contribution in [1.29, 1.82) is 0 Å². The number of nitrogens with one attached hydrogen (secondary N) is 1. The summed E-state index contributed by atoms with van der Waals surface area (Å²) in [6.07, 6.45) is 0. The number of methoxy groups -OCH3 is 1. The predicted octanol–water partition coefficient (Wildman–Crippen LogP) is 1.73. The summed E-state index contributed by atoms with van der Waals surface area (Å²) in [6, 6.07) is 5.45. The second-order valence-corrected chi connectivity index (χ2v) is 4.42. The van der Waals surface area contributed by atoms with Gasteiger partial charge in [-0.2, -0.15) is 0 Å². The number of urea groups is 1. The topological polar surface area (TPSA) is 48.1 Å². The van der Waals surface area contributed by atoms with Crippen LogP contribution in [0.5, 0.6) is 5.75 Å². The summed E-state index contributed by atoms with van der Waals surface area (Å²) in [6.45, 7) is 0. The molecule has 1 aliphatic rings. The number of halogens is 1.